The van der Waals surface area contributed by atoms with E-state index >= 15 is 0 Å². The molecule has 0 spiro atoms. The Labute approximate surface area is 87.5 Å². The highest BCUT2D eigenvalue weighted by atomic mass is 32.2. The number of nitrogens with zero attached hydrogens (tertiary/aromatic N) is 3. The Morgan fingerprint density at radius 2 is 2.29 bits per heavy atom. The molecule has 0 fully saturated rings. The molecule has 0 unspecified atom stereocenters. The fraction of sp³-hybridized carbons (Fsp3) is 0.200. The summed E-state index contributed by atoms with van der Waals surface area (Å²) in [4.78, 5) is 3.90. The molecule has 0 saturated carbocycles. The molecule has 0 aliphatic rings. The lowest BCUT2D eigenvalue weighted by Crippen LogP contribution is -1.77. The number of hydrogen-bond acceptors (Lipinski definition) is 2. The van der Waals surface area contributed by atoms with Crippen LogP contribution in [-0.4, -0.2) is 12.8 Å². The molecule has 1 aromatic carbocycles. The van der Waals surface area contributed by atoms with Gasteiger partial charge in [-0.25, -0.2) is 0 Å². The molecule has 0 aromatic heterocycles. The summed E-state index contributed by atoms with van der Waals surface area (Å²) in [5, 5.41) is 3.43. The van der Waals surface area contributed by atoms with Crippen LogP contribution in [0.15, 0.2) is 40.4 Å². The van der Waals surface area contributed by atoms with E-state index in [9.17, 15) is 0 Å². The molecule has 0 heterocycles. The molecule has 0 aliphatic carbocycles. The number of hydrogen-bond donors (Lipinski definition) is 0. The third-order valence-corrected chi connectivity index (χ3v) is 2.50. The molecule has 0 bridgehead atoms. The Morgan fingerprint density at radius 3 is 3.00 bits per heavy atom. The molecule has 14 heavy (non-hydrogen) atoms. The normalized spacial score (nSPS) is 10.1. The van der Waals surface area contributed by atoms with Crippen molar-refractivity contribution in [1.29, 1.82) is 0 Å². The average molecular weight is 205 g/mol. The average Bonchev–Trinajstić information content (AvgIpc) is 2.25. The van der Waals surface area contributed by atoms with Crippen molar-refractivity contribution in [2.75, 3.05) is 12.8 Å². The predicted molar refractivity (Wildman–Crippen MR) is 61.3 cm³/mol. The molecule has 0 amide bonds. The maximum Gasteiger partial charge on any atom is 0.0443 e. The summed E-state index contributed by atoms with van der Waals surface area (Å²) in [6.45, 7) is 0.402. The van der Waals surface area contributed by atoms with Crippen molar-refractivity contribution in [3.63, 3.8) is 0 Å². The summed E-state index contributed by atoms with van der Waals surface area (Å²) in [7, 11) is 0. The van der Waals surface area contributed by atoms with E-state index in [1.165, 1.54) is 4.90 Å². The first kappa shape index (κ1) is 10.7. The maximum atomic E-state index is 8.08. The van der Waals surface area contributed by atoms with Gasteiger partial charge in [0.25, 0.3) is 0 Å². The number of azide groups is 1. The van der Waals surface area contributed by atoms with E-state index in [2.05, 4.69) is 16.1 Å². The molecule has 1 aromatic rings. The monoisotopic (exact) mass is 205 g/mol. The van der Waals surface area contributed by atoms with Crippen LogP contribution in [0.1, 0.15) is 5.56 Å². The molecule has 0 saturated heterocycles. The lowest BCUT2D eigenvalue weighted by molar-refractivity contribution is 1.22. The van der Waals surface area contributed by atoms with Crippen molar-refractivity contribution >= 4 is 17.8 Å². The Hall–Kier alpha value is -1.38. The summed E-state index contributed by atoms with van der Waals surface area (Å²) in [6.07, 6.45) is 5.87. The molecular formula is C10H11N3S. The number of rotatable bonds is 4. The number of thioether (sulfide) groups is 1. The second-order valence-corrected chi connectivity index (χ2v) is 3.41. The zero-order valence-electron chi connectivity index (χ0n) is 7.92. The predicted octanol–water partition coefficient (Wildman–Crippen LogP) is 3.73. The van der Waals surface area contributed by atoms with Crippen LogP contribution in [0.3, 0.4) is 0 Å². The van der Waals surface area contributed by atoms with Crippen LogP contribution < -0.4 is 0 Å². The standard InChI is InChI=1S/C10H11N3S/c1-14-10-7-3-2-5-9(10)6-4-8-12-13-11/h2-7H,8H2,1H3. The molecule has 0 atom stereocenters. The van der Waals surface area contributed by atoms with E-state index in [1.54, 1.807) is 11.8 Å². The van der Waals surface area contributed by atoms with Crippen LogP contribution in [-0.2, 0) is 0 Å². The van der Waals surface area contributed by atoms with Crippen molar-refractivity contribution in [3.8, 4) is 0 Å². The fourth-order valence-electron chi connectivity index (χ4n) is 1.07. The summed E-state index contributed by atoms with van der Waals surface area (Å²) in [5.41, 5.74) is 9.24. The summed E-state index contributed by atoms with van der Waals surface area (Å²) in [6, 6.07) is 8.11. The minimum absolute atomic E-state index is 0.402. The van der Waals surface area contributed by atoms with Gasteiger partial charge in [0.2, 0.25) is 0 Å². The van der Waals surface area contributed by atoms with Gasteiger partial charge in [0, 0.05) is 16.4 Å². The highest BCUT2D eigenvalue weighted by Gasteiger charge is 1.94. The first-order chi connectivity index (χ1) is 6.88. The smallest absolute Gasteiger partial charge is 0.0443 e. The van der Waals surface area contributed by atoms with Crippen molar-refractivity contribution < 1.29 is 0 Å². The molecule has 1 rings (SSSR count). The summed E-state index contributed by atoms with van der Waals surface area (Å²) >= 11 is 1.70. The molecule has 0 N–H and O–H groups in total. The Kier molecular flexibility index (Phi) is 4.69. The van der Waals surface area contributed by atoms with Gasteiger partial charge in [0.1, 0.15) is 0 Å². The van der Waals surface area contributed by atoms with Crippen LogP contribution in [0.25, 0.3) is 16.5 Å². The first-order valence-corrected chi connectivity index (χ1v) is 5.41. The van der Waals surface area contributed by atoms with Crippen molar-refractivity contribution in [1.82, 2.24) is 0 Å². The number of benzene rings is 1. The van der Waals surface area contributed by atoms with Crippen molar-refractivity contribution in [3.05, 3.63) is 46.3 Å². The van der Waals surface area contributed by atoms with Gasteiger partial charge in [-0.2, -0.15) is 0 Å². The fourth-order valence-corrected chi connectivity index (χ4v) is 1.65. The van der Waals surface area contributed by atoms with E-state index in [-0.39, 0.29) is 0 Å². The van der Waals surface area contributed by atoms with Crippen molar-refractivity contribution in [2.24, 2.45) is 5.11 Å². The molecular weight excluding hydrogens is 194 g/mol. The van der Waals surface area contributed by atoms with E-state index in [4.69, 9.17) is 5.53 Å². The highest BCUT2D eigenvalue weighted by molar-refractivity contribution is 7.98. The lowest BCUT2D eigenvalue weighted by Gasteiger charge is -2.00. The Morgan fingerprint density at radius 1 is 1.50 bits per heavy atom. The molecule has 4 heteroatoms. The van der Waals surface area contributed by atoms with Crippen LogP contribution in [0.2, 0.25) is 0 Å². The van der Waals surface area contributed by atoms with E-state index in [0.717, 1.165) is 5.56 Å². The van der Waals surface area contributed by atoms with Gasteiger partial charge in [0.05, 0.1) is 0 Å². The van der Waals surface area contributed by atoms with Gasteiger partial charge in [-0.05, 0) is 23.4 Å². The molecule has 0 aliphatic heterocycles. The lowest BCUT2D eigenvalue weighted by atomic mass is 10.2. The quantitative estimate of drug-likeness (QED) is 0.320. The minimum atomic E-state index is 0.402. The molecule has 72 valence electrons. The van der Waals surface area contributed by atoms with Gasteiger partial charge in [-0.3, -0.25) is 0 Å². The third kappa shape index (κ3) is 3.17. The Bertz CT molecular complexity index is 367. The van der Waals surface area contributed by atoms with Gasteiger partial charge in [0.15, 0.2) is 0 Å². The Balaban J connectivity index is 2.74. The van der Waals surface area contributed by atoms with Crippen LogP contribution >= 0.6 is 11.8 Å². The van der Waals surface area contributed by atoms with E-state index in [1.807, 2.05) is 36.6 Å². The minimum Gasteiger partial charge on any atom is -0.129 e. The highest BCUT2D eigenvalue weighted by Crippen LogP contribution is 2.20. The van der Waals surface area contributed by atoms with Crippen molar-refractivity contribution in [2.45, 2.75) is 4.90 Å². The van der Waals surface area contributed by atoms with Gasteiger partial charge in [-0.1, -0.05) is 35.5 Å². The second kappa shape index (κ2) is 6.13. The molecule has 3 nitrogen and oxygen atoms in total. The van der Waals surface area contributed by atoms with Gasteiger partial charge >= 0.3 is 0 Å². The van der Waals surface area contributed by atoms with E-state index in [0.29, 0.717) is 6.54 Å². The van der Waals surface area contributed by atoms with E-state index < -0.39 is 0 Å². The maximum absolute atomic E-state index is 8.08. The SMILES string of the molecule is CSc1ccccc1C=CCN=[N+]=[N-]. The van der Waals surface area contributed by atoms with Gasteiger partial charge in [-0.15, -0.1) is 11.8 Å². The largest absolute Gasteiger partial charge is 0.129 e. The zero-order chi connectivity index (χ0) is 10.2. The second-order valence-electron chi connectivity index (χ2n) is 2.56. The van der Waals surface area contributed by atoms with Crippen LogP contribution in [0, 0.1) is 0 Å². The summed E-state index contributed by atoms with van der Waals surface area (Å²) < 4.78 is 0. The molecule has 0 radical (unpaired) electrons. The van der Waals surface area contributed by atoms with Crippen LogP contribution in [0.4, 0.5) is 0 Å². The topological polar surface area (TPSA) is 48.8 Å². The third-order valence-electron chi connectivity index (χ3n) is 1.69. The zero-order valence-corrected chi connectivity index (χ0v) is 8.74. The van der Waals surface area contributed by atoms with Gasteiger partial charge < -0.3 is 0 Å². The summed E-state index contributed by atoms with van der Waals surface area (Å²) in [5.74, 6) is 0. The van der Waals surface area contributed by atoms with Crippen LogP contribution in [0.5, 0.6) is 0 Å². The first-order valence-electron chi connectivity index (χ1n) is 4.19.